The van der Waals surface area contributed by atoms with Crippen molar-refractivity contribution in [2.75, 3.05) is 0 Å². The molecule has 2 N–H and O–H groups in total. The SMILES string of the molecule is NC(Cc1cccc(F)c1F)C1C2CCCC21. The molecular weight excluding hydrogens is 220 g/mol. The predicted molar refractivity (Wildman–Crippen MR) is 62.4 cm³/mol. The third-order valence-corrected chi connectivity index (χ3v) is 4.45. The Kier molecular flexibility index (Phi) is 2.66. The molecule has 3 atom stereocenters. The van der Waals surface area contributed by atoms with Gasteiger partial charge in [-0.15, -0.1) is 0 Å². The van der Waals surface area contributed by atoms with Gasteiger partial charge < -0.3 is 5.73 Å². The molecule has 2 aliphatic rings. The van der Waals surface area contributed by atoms with Crippen molar-refractivity contribution in [1.82, 2.24) is 0 Å². The molecule has 0 aromatic heterocycles. The number of benzene rings is 1. The van der Waals surface area contributed by atoms with E-state index in [4.69, 9.17) is 5.73 Å². The lowest BCUT2D eigenvalue weighted by molar-refractivity contribution is 0.460. The quantitative estimate of drug-likeness (QED) is 0.859. The van der Waals surface area contributed by atoms with Crippen LogP contribution in [0.2, 0.25) is 0 Å². The van der Waals surface area contributed by atoms with Crippen molar-refractivity contribution in [2.45, 2.75) is 31.7 Å². The third-order valence-electron chi connectivity index (χ3n) is 4.45. The van der Waals surface area contributed by atoms with Crippen LogP contribution < -0.4 is 5.73 Å². The van der Waals surface area contributed by atoms with Crippen LogP contribution in [0.5, 0.6) is 0 Å². The molecule has 0 radical (unpaired) electrons. The van der Waals surface area contributed by atoms with Crippen LogP contribution in [0.15, 0.2) is 18.2 Å². The lowest BCUT2D eigenvalue weighted by Crippen LogP contribution is -2.28. The monoisotopic (exact) mass is 237 g/mol. The lowest BCUT2D eigenvalue weighted by atomic mass is 9.97. The zero-order chi connectivity index (χ0) is 12.0. The van der Waals surface area contributed by atoms with Crippen LogP contribution in [0, 0.1) is 29.4 Å². The van der Waals surface area contributed by atoms with Gasteiger partial charge in [-0.25, -0.2) is 8.78 Å². The normalized spacial score (nSPS) is 32.3. The Morgan fingerprint density at radius 3 is 2.65 bits per heavy atom. The zero-order valence-corrected chi connectivity index (χ0v) is 9.70. The molecule has 2 aliphatic carbocycles. The molecule has 3 unspecified atom stereocenters. The van der Waals surface area contributed by atoms with Crippen molar-refractivity contribution in [3.63, 3.8) is 0 Å². The van der Waals surface area contributed by atoms with E-state index in [9.17, 15) is 8.78 Å². The lowest BCUT2D eigenvalue weighted by Gasteiger charge is -2.14. The van der Waals surface area contributed by atoms with E-state index in [0.29, 0.717) is 17.9 Å². The van der Waals surface area contributed by atoms with Gasteiger partial charge in [0.1, 0.15) is 0 Å². The number of halogens is 2. The molecule has 0 spiro atoms. The fourth-order valence-electron chi connectivity index (χ4n) is 3.61. The van der Waals surface area contributed by atoms with Gasteiger partial charge in [0.05, 0.1) is 0 Å². The summed E-state index contributed by atoms with van der Waals surface area (Å²) in [6.45, 7) is 0. The van der Waals surface area contributed by atoms with Crippen LogP contribution in [-0.4, -0.2) is 6.04 Å². The fourth-order valence-corrected chi connectivity index (χ4v) is 3.61. The van der Waals surface area contributed by atoms with E-state index in [0.717, 1.165) is 17.9 Å². The summed E-state index contributed by atoms with van der Waals surface area (Å²) in [5.41, 5.74) is 6.55. The van der Waals surface area contributed by atoms with E-state index < -0.39 is 11.6 Å². The van der Waals surface area contributed by atoms with E-state index in [-0.39, 0.29) is 6.04 Å². The van der Waals surface area contributed by atoms with E-state index in [1.165, 1.54) is 19.3 Å². The number of rotatable bonds is 3. The van der Waals surface area contributed by atoms with Crippen LogP contribution in [-0.2, 0) is 6.42 Å². The maximum Gasteiger partial charge on any atom is 0.162 e. The molecule has 1 aromatic rings. The highest BCUT2D eigenvalue weighted by molar-refractivity contribution is 5.21. The average molecular weight is 237 g/mol. The Morgan fingerprint density at radius 2 is 1.94 bits per heavy atom. The van der Waals surface area contributed by atoms with Crippen LogP contribution in [0.3, 0.4) is 0 Å². The summed E-state index contributed by atoms with van der Waals surface area (Å²) < 4.78 is 26.6. The van der Waals surface area contributed by atoms with Gasteiger partial charge in [0.25, 0.3) is 0 Å². The molecular formula is C14H17F2N. The Hall–Kier alpha value is -0.960. The van der Waals surface area contributed by atoms with Crippen molar-refractivity contribution in [1.29, 1.82) is 0 Å². The zero-order valence-electron chi connectivity index (χ0n) is 9.70. The van der Waals surface area contributed by atoms with E-state index in [1.807, 2.05) is 0 Å². The van der Waals surface area contributed by atoms with Gasteiger partial charge in [-0.3, -0.25) is 0 Å². The molecule has 1 nitrogen and oxygen atoms in total. The molecule has 17 heavy (non-hydrogen) atoms. The topological polar surface area (TPSA) is 26.0 Å². The van der Waals surface area contributed by atoms with Crippen molar-refractivity contribution in [3.05, 3.63) is 35.4 Å². The molecule has 92 valence electrons. The average Bonchev–Trinajstić information content (AvgIpc) is 2.79. The standard InChI is InChI=1S/C14H17F2N/c15-11-6-1-3-8(14(11)16)7-12(17)13-9-4-2-5-10(9)13/h1,3,6,9-10,12-13H,2,4-5,7,17H2. The van der Waals surface area contributed by atoms with Gasteiger partial charge in [-0.05, 0) is 48.6 Å². The van der Waals surface area contributed by atoms with Gasteiger partial charge in [0, 0.05) is 6.04 Å². The second kappa shape index (κ2) is 4.05. The molecule has 1 aromatic carbocycles. The largest absolute Gasteiger partial charge is 0.327 e. The second-order valence-corrected chi connectivity index (χ2v) is 5.42. The van der Waals surface area contributed by atoms with Crippen molar-refractivity contribution < 1.29 is 8.78 Å². The molecule has 3 heteroatoms. The smallest absolute Gasteiger partial charge is 0.162 e. The molecule has 0 heterocycles. The molecule has 3 rings (SSSR count). The number of hydrogen-bond acceptors (Lipinski definition) is 1. The third kappa shape index (κ3) is 1.86. The maximum atomic E-state index is 13.5. The summed E-state index contributed by atoms with van der Waals surface area (Å²) in [5, 5.41) is 0. The molecule has 2 saturated carbocycles. The van der Waals surface area contributed by atoms with Crippen molar-refractivity contribution >= 4 is 0 Å². The highest BCUT2D eigenvalue weighted by Gasteiger charge is 2.54. The van der Waals surface area contributed by atoms with Gasteiger partial charge in [0.2, 0.25) is 0 Å². The Morgan fingerprint density at radius 1 is 1.24 bits per heavy atom. The summed E-state index contributed by atoms with van der Waals surface area (Å²) >= 11 is 0. The van der Waals surface area contributed by atoms with Crippen LogP contribution >= 0.6 is 0 Å². The summed E-state index contributed by atoms with van der Waals surface area (Å²) in [5.74, 6) is 0.578. The highest BCUT2D eigenvalue weighted by atomic mass is 19.2. The number of nitrogens with two attached hydrogens (primary N) is 1. The Labute approximate surface area is 100 Å². The minimum Gasteiger partial charge on any atom is -0.327 e. The minimum absolute atomic E-state index is 0.0124. The number of hydrogen-bond donors (Lipinski definition) is 1. The molecule has 2 fully saturated rings. The van der Waals surface area contributed by atoms with E-state index in [1.54, 1.807) is 12.1 Å². The Balaban J connectivity index is 1.69. The minimum atomic E-state index is -0.773. The first kappa shape index (κ1) is 11.1. The fraction of sp³-hybridized carbons (Fsp3) is 0.571. The Bertz CT molecular complexity index is 422. The predicted octanol–water partition coefficient (Wildman–Crippen LogP) is 2.88. The first-order chi connectivity index (χ1) is 8.18. The summed E-state index contributed by atoms with van der Waals surface area (Å²) in [4.78, 5) is 0. The summed E-state index contributed by atoms with van der Waals surface area (Å²) in [7, 11) is 0. The van der Waals surface area contributed by atoms with Crippen LogP contribution in [0.1, 0.15) is 24.8 Å². The first-order valence-corrected chi connectivity index (χ1v) is 6.37. The molecule has 0 bridgehead atoms. The van der Waals surface area contributed by atoms with E-state index in [2.05, 4.69) is 0 Å². The van der Waals surface area contributed by atoms with Crippen LogP contribution in [0.4, 0.5) is 8.78 Å². The first-order valence-electron chi connectivity index (χ1n) is 6.37. The van der Waals surface area contributed by atoms with Gasteiger partial charge in [-0.1, -0.05) is 18.6 Å². The molecule has 0 saturated heterocycles. The van der Waals surface area contributed by atoms with Crippen LogP contribution in [0.25, 0.3) is 0 Å². The van der Waals surface area contributed by atoms with Gasteiger partial charge in [0.15, 0.2) is 11.6 Å². The highest BCUT2D eigenvalue weighted by Crippen LogP contribution is 2.58. The maximum absolute atomic E-state index is 13.5. The summed E-state index contributed by atoms with van der Waals surface area (Å²) in [6.07, 6.45) is 4.32. The molecule has 0 amide bonds. The van der Waals surface area contributed by atoms with Gasteiger partial charge in [-0.2, -0.15) is 0 Å². The van der Waals surface area contributed by atoms with Crippen molar-refractivity contribution in [2.24, 2.45) is 23.5 Å². The van der Waals surface area contributed by atoms with Gasteiger partial charge >= 0.3 is 0 Å². The number of fused-ring (bicyclic) bond motifs is 1. The summed E-state index contributed by atoms with van der Waals surface area (Å²) in [6, 6.07) is 4.32. The second-order valence-electron chi connectivity index (χ2n) is 5.42. The van der Waals surface area contributed by atoms with E-state index >= 15 is 0 Å². The molecule has 0 aliphatic heterocycles. The van der Waals surface area contributed by atoms with Crippen molar-refractivity contribution in [3.8, 4) is 0 Å².